The van der Waals surface area contributed by atoms with Gasteiger partial charge in [0, 0.05) is 36.2 Å². The van der Waals surface area contributed by atoms with Crippen molar-refractivity contribution in [3.8, 4) is 6.07 Å². The lowest BCUT2D eigenvalue weighted by atomic mass is 10.1. The minimum absolute atomic E-state index is 0.0321. The molecule has 2 rings (SSSR count). The summed E-state index contributed by atoms with van der Waals surface area (Å²) < 4.78 is 0.931. The largest absolute Gasteiger partial charge is 0.336 e. The van der Waals surface area contributed by atoms with E-state index in [0.29, 0.717) is 13.1 Å². The number of hydrogen-bond acceptors (Lipinski definition) is 3. The molecule has 1 heterocycles. The Hall–Kier alpha value is -1.38. The molecule has 4 nitrogen and oxygen atoms in total. The van der Waals surface area contributed by atoms with Gasteiger partial charge in [-0.15, -0.1) is 0 Å². The Labute approximate surface area is 134 Å². The number of rotatable bonds is 3. The van der Waals surface area contributed by atoms with Crippen LogP contribution in [0, 0.1) is 18.3 Å². The number of nitrogens with zero attached hydrogens (tertiary/aromatic N) is 3. The first-order valence-electron chi connectivity index (χ1n) is 7.25. The summed E-state index contributed by atoms with van der Waals surface area (Å²) in [6.45, 7) is 6.91. The molecular weight excluding hydrogens is 330 g/mol. The van der Waals surface area contributed by atoms with Gasteiger partial charge in [-0.05, 0) is 37.1 Å². The Morgan fingerprint density at radius 1 is 1.33 bits per heavy atom. The van der Waals surface area contributed by atoms with Crippen LogP contribution in [0.5, 0.6) is 0 Å². The fraction of sp³-hybridized carbons (Fsp3) is 0.500. The third-order valence-corrected chi connectivity index (χ3v) is 4.32. The monoisotopic (exact) mass is 349 g/mol. The van der Waals surface area contributed by atoms with Gasteiger partial charge in [0.2, 0.25) is 0 Å². The maximum absolute atomic E-state index is 12.5. The van der Waals surface area contributed by atoms with Crippen molar-refractivity contribution in [3.63, 3.8) is 0 Å². The summed E-state index contributed by atoms with van der Waals surface area (Å²) in [7, 11) is 0. The van der Waals surface area contributed by atoms with Crippen molar-refractivity contribution in [2.75, 3.05) is 26.2 Å². The molecule has 0 radical (unpaired) electrons. The van der Waals surface area contributed by atoms with Crippen molar-refractivity contribution in [1.29, 1.82) is 5.26 Å². The fourth-order valence-corrected chi connectivity index (χ4v) is 3.32. The summed E-state index contributed by atoms with van der Waals surface area (Å²) in [5, 5.41) is 9.12. The zero-order valence-electron chi connectivity index (χ0n) is 12.5. The van der Waals surface area contributed by atoms with Crippen molar-refractivity contribution in [3.05, 3.63) is 33.8 Å². The van der Waals surface area contributed by atoms with Crippen molar-refractivity contribution < 1.29 is 4.79 Å². The van der Waals surface area contributed by atoms with Crippen LogP contribution in [-0.2, 0) is 0 Å². The number of carbonyl (C=O) groups excluding carboxylic acids is 1. The maximum atomic E-state index is 12.5. The lowest BCUT2D eigenvalue weighted by Gasteiger charge is -2.36. The average molecular weight is 350 g/mol. The van der Waals surface area contributed by atoms with Crippen molar-refractivity contribution in [2.24, 2.45) is 0 Å². The van der Waals surface area contributed by atoms with Gasteiger partial charge in [0.1, 0.15) is 0 Å². The smallest absolute Gasteiger partial charge is 0.253 e. The first-order valence-corrected chi connectivity index (χ1v) is 8.04. The van der Waals surface area contributed by atoms with Gasteiger partial charge in [-0.25, -0.2) is 0 Å². The molecule has 1 aliphatic rings. The quantitative estimate of drug-likeness (QED) is 0.842. The van der Waals surface area contributed by atoms with E-state index in [1.165, 1.54) is 0 Å². The molecular formula is C16H20BrN3O. The predicted octanol–water partition coefficient (Wildman–Crippen LogP) is 2.82. The molecule has 1 aromatic rings. The second-order valence-corrected chi connectivity index (χ2v) is 6.31. The van der Waals surface area contributed by atoms with Gasteiger partial charge >= 0.3 is 0 Å². The van der Waals surface area contributed by atoms with Crippen molar-refractivity contribution in [2.45, 2.75) is 26.3 Å². The van der Waals surface area contributed by atoms with E-state index in [2.05, 4.69) is 26.9 Å². The molecule has 0 saturated carbocycles. The van der Waals surface area contributed by atoms with Gasteiger partial charge in [-0.1, -0.05) is 22.9 Å². The van der Waals surface area contributed by atoms with Crippen molar-refractivity contribution >= 4 is 21.8 Å². The molecule has 0 bridgehead atoms. The molecule has 1 atom stereocenters. The van der Waals surface area contributed by atoms with E-state index >= 15 is 0 Å². The first kappa shape index (κ1) is 16.0. The van der Waals surface area contributed by atoms with Crippen LogP contribution in [0.1, 0.15) is 29.3 Å². The lowest BCUT2D eigenvalue weighted by molar-refractivity contribution is 0.0604. The molecule has 21 heavy (non-hydrogen) atoms. The highest BCUT2D eigenvalue weighted by atomic mass is 79.9. The van der Waals surface area contributed by atoms with Crippen LogP contribution < -0.4 is 0 Å². The number of carbonyl (C=O) groups is 1. The van der Waals surface area contributed by atoms with E-state index < -0.39 is 0 Å². The number of piperazine rings is 1. The van der Waals surface area contributed by atoms with Crippen LogP contribution in [0.25, 0.3) is 0 Å². The van der Waals surface area contributed by atoms with Crippen molar-refractivity contribution in [1.82, 2.24) is 9.80 Å². The third-order valence-electron chi connectivity index (χ3n) is 3.87. The standard InChI is InChI=1S/C16H20BrN3O/c1-3-15(11-18)19-4-6-20(7-5-19)16(21)13-8-12(2)9-14(17)10-13/h8-10,15H,3-7H2,1-2H3. The first-order chi connectivity index (χ1) is 10.0. The molecule has 1 fully saturated rings. The lowest BCUT2D eigenvalue weighted by Crippen LogP contribution is -2.51. The Kier molecular flexibility index (Phi) is 5.38. The van der Waals surface area contributed by atoms with Crippen LogP contribution in [0.15, 0.2) is 22.7 Å². The number of hydrogen-bond donors (Lipinski definition) is 0. The fourth-order valence-electron chi connectivity index (χ4n) is 2.71. The molecule has 1 saturated heterocycles. The van der Waals surface area contributed by atoms with Crippen LogP contribution in [0.2, 0.25) is 0 Å². The van der Waals surface area contributed by atoms with Gasteiger partial charge in [-0.2, -0.15) is 5.26 Å². The molecule has 5 heteroatoms. The summed E-state index contributed by atoms with van der Waals surface area (Å²) >= 11 is 3.44. The molecule has 1 amide bonds. The zero-order valence-corrected chi connectivity index (χ0v) is 14.1. The summed E-state index contributed by atoms with van der Waals surface area (Å²) in [5.41, 5.74) is 1.80. The van der Waals surface area contributed by atoms with Gasteiger partial charge in [0.15, 0.2) is 0 Å². The van der Waals surface area contributed by atoms with Gasteiger partial charge in [-0.3, -0.25) is 9.69 Å². The molecule has 0 aromatic heterocycles. The van der Waals surface area contributed by atoms with E-state index in [0.717, 1.165) is 35.1 Å². The van der Waals surface area contributed by atoms with E-state index in [9.17, 15) is 4.79 Å². The summed E-state index contributed by atoms with van der Waals surface area (Å²) in [6, 6.07) is 8.08. The number of benzene rings is 1. The van der Waals surface area contributed by atoms with Gasteiger partial charge < -0.3 is 4.90 Å². The SMILES string of the molecule is CCC(C#N)N1CCN(C(=O)c2cc(C)cc(Br)c2)CC1. The highest BCUT2D eigenvalue weighted by Gasteiger charge is 2.25. The van der Waals surface area contributed by atoms with Gasteiger partial charge in [0.05, 0.1) is 12.1 Å². The number of nitriles is 1. The number of aryl methyl sites for hydroxylation is 1. The molecule has 0 spiro atoms. The topological polar surface area (TPSA) is 47.3 Å². The Bertz CT molecular complexity index is 539. The van der Waals surface area contributed by atoms with E-state index in [4.69, 9.17) is 5.26 Å². The highest BCUT2D eigenvalue weighted by molar-refractivity contribution is 9.10. The minimum atomic E-state index is -0.0321. The molecule has 112 valence electrons. The summed E-state index contributed by atoms with van der Waals surface area (Å²) in [4.78, 5) is 16.6. The Morgan fingerprint density at radius 2 is 2.00 bits per heavy atom. The van der Waals surface area contributed by atoms with Crippen LogP contribution in [-0.4, -0.2) is 47.9 Å². The second-order valence-electron chi connectivity index (χ2n) is 5.40. The third kappa shape index (κ3) is 3.84. The second kappa shape index (κ2) is 7.06. The van der Waals surface area contributed by atoms with E-state index in [-0.39, 0.29) is 11.9 Å². The molecule has 0 N–H and O–H groups in total. The van der Waals surface area contributed by atoms with Gasteiger partial charge in [0.25, 0.3) is 5.91 Å². The number of amides is 1. The normalized spacial score (nSPS) is 17.3. The minimum Gasteiger partial charge on any atom is -0.336 e. The highest BCUT2D eigenvalue weighted by Crippen LogP contribution is 2.18. The number of halogens is 1. The average Bonchev–Trinajstić information content (AvgIpc) is 2.47. The molecule has 1 aromatic carbocycles. The van der Waals surface area contributed by atoms with Crippen LogP contribution in [0.4, 0.5) is 0 Å². The Morgan fingerprint density at radius 3 is 2.52 bits per heavy atom. The predicted molar refractivity (Wildman–Crippen MR) is 86.0 cm³/mol. The van der Waals surface area contributed by atoms with Crippen LogP contribution in [0.3, 0.4) is 0 Å². The molecule has 0 aliphatic carbocycles. The summed E-state index contributed by atoms with van der Waals surface area (Å²) in [6.07, 6.45) is 0.829. The van der Waals surface area contributed by atoms with E-state index in [1.54, 1.807) is 0 Å². The van der Waals surface area contributed by atoms with E-state index in [1.807, 2.05) is 36.9 Å². The molecule has 1 aliphatic heterocycles. The Balaban J connectivity index is 2.02. The van der Waals surface area contributed by atoms with Crippen LogP contribution >= 0.6 is 15.9 Å². The zero-order chi connectivity index (χ0) is 15.4. The molecule has 1 unspecified atom stereocenters. The maximum Gasteiger partial charge on any atom is 0.253 e. The summed E-state index contributed by atoms with van der Waals surface area (Å²) in [5.74, 6) is 0.0732.